The molecule has 7 nitrogen and oxygen atoms in total. The Morgan fingerprint density at radius 1 is 0.978 bits per heavy atom. The first-order valence-corrected chi connectivity index (χ1v) is 15.5. The summed E-state index contributed by atoms with van der Waals surface area (Å²) < 4.78 is 38.8. The Hall–Kier alpha value is -5.15. The van der Waals surface area contributed by atoms with Gasteiger partial charge < -0.3 is 18.9 Å². The maximum atomic E-state index is 14.1. The van der Waals surface area contributed by atoms with Crippen molar-refractivity contribution in [2.45, 2.75) is 25.5 Å². The van der Waals surface area contributed by atoms with E-state index in [4.69, 9.17) is 23.9 Å². The van der Waals surface area contributed by atoms with Crippen LogP contribution in [0.3, 0.4) is 0 Å². The SMILES string of the molecule is COc1cc(/C=c2/sc3n(c2=O)[C@H](c2ccc(F)cc2)C2=C(N=3)c3ccccc3CC2)ccc1OCc1ccc2c(c1)OCO2. The fraction of sp³-hybridized carbons (Fsp3) is 0.167. The molecule has 0 saturated carbocycles. The Morgan fingerprint density at radius 3 is 2.69 bits per heavy atom. The fourth-order valence-electron chi connectivity index (χ4n) is 6.20. The van der Waals surface area contributed by atoms with Gasteiger partial charge in [-0.3, -0.25) is 9.36 Å². The van der Waals surface area contributed by atoms with Gasteiger partial charge in [0.1, 0.15) is 12.4 Å². The second-order valence-corrected chi connectivity index (χ2v) is 12.1. The van der Waals surface area contributed by atoms with Gasteiger partial charge in [-0.25, -0.2) is 9.38 Å². The molecule has 4 aromatic carbocycles. The third kappa shape index (κ3) is 4.89. The number of allylic oxidation sites excluding steroid dienone is 1. The summed E-state index contributed by atoms with van der Waals surface area (Å²) in [6.07, 6.45) is 3.48. The largest absolute Gasteiger partial charge is 0.493 e. The zero-order valence-corrected chi connectivity index (χ0v) is 25.1. The minimum atomic E-state index is -0.367. The molecule has 1 atom stereocenters. The van der Waals surface area contributed by atoms with Gasteiger partial charge in [0, 0.05) is 5.56 Å². The maximum Gasteiger partial charge on any atom is 0.271 e. The molecule has 0 unspecified atom stereocenters. The van der Waals surface area contributed by atoms with Crippen LogP contribution in [-0.4, -0.2) is 18.5 Å². The molecule has 9 heteroatoms. The third-order valence-corrected chi connectivity index (χ3v) is 9.36. The van der Waals surface area contributed by atoms with Crippen molar-refractivity contribution in [2.75, 3.05) is 13.9 Å². The highest BCUT2D eigenvalue weighted by Gasteiger charge is 2.32. The Kier molecular flexibility index (Phi) is 6.75. The van der Waals surface area contributed by atoms with Gasteiger partial charge in [-0.15, -0.1) is 0 Å². The van der Waals surface area contributed by atoms with Crippen LogP contribution >= 0.6 is 11.3 Å². The number of hydrogen-bond acceptors (Lipinski definition) is 7. The van der Waals surface area contributed by atoms with E-state index >= 15 is 0 Å². The van der Waals surface area contributed by atoms with Crippen molar-refractivity contribution in [2.24, 2.45) is 4.99 Å². The normalized spacial score (nSPS) is 16.5. The minimum absolute atomic E-state index is 0.138. The predicted molar refractivity (Wildman–Crippen MR) is 169 cm³/mol. The quantitative estimate of drug-likeness (QED) is 0.242. The number of aryl methyl sites for hydroxylation is 1. The zero-order valence-electron chi connectivity index (χ0n) is 24.3. The lowest BCUT2D eigenvalue weighted by atomic mass is 9.83. The van der Waals surface area contributed by atoms with E-state index in [0.29, 0.717) is 33.2 Å². The van der Waals surface area contributed by atoms with Gasteiger partial charge in [-0.2, -0.15) is 0 Å². The standard InChI is InChI=1S/C36H27FN2O5S/c1-41-30-16-21(6-14-28(30)42-19-22-7-15-29-31(17-22)44-20-43-29)18-32-35(40)39-34(24-8-11-25(37)12-9-24)27-13-10-23-4-2-3-5-26(23)33(27)38-36(39)45-32/h2-9,11-12,14-18,34H,10,13,19-20H2,1H3/b32-18+/t34-/m1/s1. The summed E-state index contributed by atoms with van der Waals surface area (Å²) >= 11 is 1.35. The van der Waals surface area contributed by atoms with Gasteiger partial charge in [0.15, 0.2) is 27.8 Å². The number of aromatic nitrogens is 1. The van der Waals surface area contributed by atoms with Crippen LogP contribution in [-0.2, 0) is 13.0 Å². The monoisotopic (exact) mass is 618 g/mol. The number of thiazole rings is 1. The van der Waals surface area contributed by atoms with Crippen LogP contribution in [0, 0.1) is 5.82 Å². The van der Waals surface area contributed by atoms with Crippen LogP contribution in [0.4, 0.5) is 4.39 Å². The van der Waals surface area contributed by atoms with Gasteiger partial charge in [0.25, 0.3) is 5.56 Å². The molecule has 1 aromatic heterocycles. The topological polar surface area (TPSA) is 71.3 Å². The first-order chi connectivity index (χ1) is 22.1. The minimum Gasteiger partial charge on any atom is -0.493 e. The fourth-order valence-corrected chi connectivity index (χ4v) is 7.20. The summed E-state index contributed by atoms with van der Waals surface area (Å²) in [5.74, 6) is 2.24. The second kappa shape index (κ2) is 11.1. The van der Waals surface area contributed by atoms with Crippen molar-refractivity contribution in [1.82, 2.24) is 4.57 Å². The lowest BCUT2D eigenvalue weighted by Gasteiger charge is -2.30. The highest BCUT2D eigenvalue weighted by molar-refractivity contribution is 7.07. The summed E-state index contributed by atoms with van der Waals surface area (Å²) in [5, 5.41) is 0. The van der Waals surface area contributed by atoms with Crippen molar-refractivity contribution in [1.29, 1.82) is 0 Å². The lowest BCUT2D eigenvalue weighted by Crippen LogP contribution is -2.38. The van der Waals surface area contributed by atoms with Crippen molar-refractivity contribution in [3.05, 3.63) is 144 Å². The van der Waals surface area contributed by atoms with Crippen molar-refractivity contribution >= 4 is 23.1 Å². The average Bonchev–Trinajstić information content (AvgIpc) is 3.67. The summed E-state index contributed by atoms with van der Waals surface area (Å²) in [7, 11) is 1.59. The average molecular weight is 619 g/mol. The smallest absolute Gasteiger partial charge is 0.271 e. The molecule has 0 amide bonds. The van der Waals surface area contributed by atoms with E-state index in [1.165, 1.54) is 29.0 Å². The number of fused-ring (bicyclic) bond motifs is 4. The number of ether oxygens (including phenoxy) is 4. The molecule has 5 aromatic rings. The van der Waals surface area contributed by atoms with Gasteiger partial charge in [-0.1, -0.05) is 59.9 Å². The molecule has 0 radical (unpaired) electrons. The molecule has 3 heterocycles. The Labute approximate surface area is 261 Å². The molecule has 0 saturated heterocycles. The van der Waals surface area contributed by atoms with E-state index in [0.717, 1.165) is 52.1 Å². The Bertz CT molecular complexity index is 2180. The van der Waals surface area contributed by atoms with Gasteiger partial charge in [0.2, 0.25) is 6.79 Å². The highest BCUT2D eigenvalue weighted by Crippen LogP contribution is 2.41. The number of halogens is 1. The predicted octanol–water partition coefficient (Wildman–Crippen LogP) is 5.77. The molecular weight excluding hydrogens is 591 g/mol. The summed E-state index contributed by atoms with van der Waals surface area (Å²) in [4.78, 5) is 19.7. The van der Waals surface area contributed by atoms with Crippen molar-refractivity contribution < 1.29 is 23.3 Å². The van der Waals surface area contributed by atoms with Crippen molar-refractivity contribution in [3.63, 3.8) is 0 Å². The first kappa shape index (κ1) is 27.4. The molecule has 3 aliphatic rings. The van der Waals surface area contributed by atoms with E-state index in [9.17, 15) is 9.18 Å². The molecule has 1 aliphatic carbocycles. The van der Waals surface area contributed by atoms with E-state index < -0.39 is 0 Å². The Balaban J connectivity index is 1.17. The molecule has 224 valence electrons. The number of rotatable bonds is 6. The second-order valence-electron chi connectivity index (χ2n) is 11.1. The van der Waals surface area contributed by atoms with Gasteiger partial charge >= 0.3 is 0 Å². The van der Waals surface area contributed by atoms with Crippen LogP contribution < -0.4 is 33.8 Å². The third-order valence-electron chi connectivity index (χ3n) is 8.38. The molecule has 8 rings (SSSR count). The molecule has 0 bridgehead atoms. The zero-order chi connectivity index (χ0) is 30.5. The van der Waals surface area contributed by atoms with Crippen LogP contribution in [0.2, 0.25) is 0 Å². The van der Waals surface area contributed by atoms with E-state index in [1.807, 2.05) is 54.6 Å². The number of methoxy groups -OCH3 is 1. The van der Waals surface area contributed by atoms with Crippen LogP contribution in [0.1, 0.15) is 40.3 Å². The van der Waals surface area contributed by atoms with Crippen LogP contribution in [0.25, 0.3) is 11.8 Å². The summed E-state index contributed by atoms with van der Waals surface area (Å²) in [6.45, 7) is 0.540. The van der Waals surface area contributed by atoms with Gasteiger partial charge in [0.05, 0.1) is 23.4 Å². The van der Waals surface area contributed by atoms with Gasteiger partial charge in [-0.05, 0) is 83.1 Å². The van der Waals surface area contributed by atoms with E-state index in [-0.39, 0.29) is 24.2 Å². The molecule has 0 N–H and O–H groups in total. The highest BCUT2D eigenvalue weighted by atomic mass is 32.1. The number of nitrogens with zero attached hydrogens (tertiary/aromatic N) is 2. The Morgan fingerprint density at radius 2 is 1.82 bits per heavy atom. The molecule has 45 heavy (non-hydrogen) atoms. The number of hydrogen-bond donors (Lipinski definition) is 0. The summed E-state index contributed by atoms with van der Waals surface area (Å²) in [5.41, 5.74) is 6.76. The summed E-state index contributed by atoms with van der Waals surface area (Å²) in [6, 6.07) is 25.6. The van der Waals surface area contributed by atoms with Crippen molar-refractivity contribution in [3.8, 4) is 23.0 Å². The maximum absolute atomic E-state index is 14.1. The van der Waals surface area contributed by atoms with E-state index in [1.54, 1.807) is 23.8 Å². The molecule has 0 fully saturated rings. The number of benzene rings is 4. The first-order valence-electron chi connectivity index (χ1n) is 14.6. The van der Waals surface area contributed by atoms with E-state index in [2.05, 4.69) is 12.1 Å². The molecule has 0 spiro atoms. The van der Waals surface area contributed by atoms with Crippen LogP contribution in [0.5, 0.6) is 23.0 Å². The van der Waals surface area contributed by atoms with Crippen LogP contribution in [0.15, 0.2) is 100 Å². The molecular formula is C36H27FN2O5S. The molecule has 2 aliphatic heterocycles. The lowest BCUT2D eigenvalue weighted by molar-refractivity contribution is 0.174.